The van der Waals surface area contributed by atoms with Crippen molar-refractivity contribution in [1.82, 2.24) is 15.8 Å². The van der Waals surface area contributed by atoms with Gasteiger partial charge in [0.15, 0.2) is 0 Å². The van der Waals surface area contributed by atoms with Crippen LogP contribution in [0.1, 0.15) is 23.0 Å². The molecule has 110 valence electrons. The Kier molecular flexibility index (Phi) is 3.71. The number of hydrazine groups is 1. The number of aliphatic carboxylic acids is 1. The number of rotatable bonds is 3. The Morgan fingerprint density at radius 3 is 2.71 bits per heavy atom. The number of hydrogen-bond donors (Lipinski definition) is 3. The molecule has 21 heavy (non-hydrogen) atoms. The maximum Gasteiger partial charge on any atom is 0.322 e. The highest BCUT2D eigenvalue weighted by molar-refractivity contribution is 7.15. The van der Waals surface area contributed by atoms with Gasteiger partial charge in [-0.15, -0.1) is 11.3 Å². The normalized spacial score (nSPS) is 21.6. The summed E-state index contributed by atoms with van der Waals surface area (Å²) in [6, 6.07) is 5.53. The van der Waals surface area contributed by atoms with E-state index in [0.29, 0.717) is 6.42 Å². The minimum atomic E-state index is -0.870. The number of nitrogens with one attached hydrogen (secondary N) is 2. The summed E-state index contributed by atoms with van der Waals surface area (Å²) in [5.74, 6) is -1.15. The monoisotopic (exact) mass is 307 g/mol. The van der Waals surface area contributed by atoms with Gasteiger partial charge in [-0.05, 0) is 37.6 Å². The number of hydrogen-bond acceptors (Lipinski definition) is 5. The average molecular weight is 307 g/mol. The Hall–Kier alpha value is -1.83. The molecule has 1 fully saturated rings. The number of thiazole rings is 1. The van der Waals surface area contributed by atoms with E-state index in [9.17, 15) is 9.18 Å². The molecule has 1 aromatic carbocycles. The molecule has 3 N–H and O–H groups in total. The van der Waals surface area contributed by atoms with Crippen LogP contribution in [0.25, 0.3) is 10.6 Å². The van der Waals surface area contributed by atoms with Crippen molar-refractivity contribution in [3.63, 3.8) is 0 Å². The van der Waals surface area contributed by atoms with Crippen molar-refractivity contribution in [3.8, 4) is 10.6 Å². The Morgan fingerprint density at radius 1 is 1.38 bits per heavy atom. The van der Waals surface area contributed by atoms with Gasteiger partial charge in [0.2, 0.25) is 0 Å². The van der Waals surface area contributed by atoms with Gasteiger partial charge in [-0.3, -0.25) is 4.79 Å². The van der Waals surface area contributed by atoms with Gasteiger partial charge in [0, 0.05) is 10.4 Å². The molecule has 0 spiro atoms. The molecule has 0 saturated carbocycles. The lowest BCUT2D eigenvalue weighted by Crippen LogP contribution is -2.36. The zero-order chi connectivity index (χ0) is 15.0. The van der Waals surface area contributed by atoms with Crippen LogP contribution >= 0.6 is 11.3 Å². The van der Waals surface area contributed by atoms with Crippen molar-refractivity contribution < 1.29 is 14.3 Å². The maximum absolute atomic E-state index is 13.0. The first-order valence-electron chi connectivity index (χ1n) is 6.51. The van der Waals surface area contributed by atoms with Crippen molar-refractivity contribution in [2.75, 3.05) is 0 Å². The molecule has 5 nitrogen and oxygen atoms in total. The van der Waals surface area contributed by atoms with E-state index in [-0.39, 0.29) is 11.9 Å². The Bertz CT molecular complexity index is 671. The van der Waals surface area contributed by atoms with Gasteiger partial charge in [0.05, 0.1) is 11.7 Å². The van der Waals surface area contributed by atoms with Crippen LogP contribution in [0.2, 0.25) is 0 Å². The van der Waals surface area contributed by atoms with Crippen LogP contribution in [-0.2, 0) is 4.79 Å². The van der Waals surface area contributed by atoms with E-state index in [4.69, 9.17) is 5.11 Å². The first-order valence-corrected chi connectivity index (χ1v) is 7.33. The van der Waals surface area contributed by atoms with E-state index in [0.717, 1.165) is 21.1 Å². The fourth-order valence-electron chi connectivity index (χ4n) is 2.34. The summed E-state index contributed by atoms with van der Waals surface area (Å²) in [4.78, 5) is 16.5. The minimum absolute atomic E-state index is 0.0715. The molecule has 2 aromatic rings. The van der Waals surface area contributed by atoms with Crippen molar-refractivity contribution in [2.45, 2.75) is 25.4 Å². The summed E-state index contributed by atoms with van der Waals surface area (Å²) in [5.41, 5.74) is 7.49. The lowest BCUT2D eigenvalue weighted by atomic mass is 10.1. The van der Waals surface area contributed by atoms with Gasteiger partial charge in [-0.1, -0.05) is 0 Å². The Balaban J connectivity index is 1.85. The number of aromatic nitrogens is 1. The summed E-state index contributed by atoms with van der Waals surface area (Å²) in [7, 11) is 0. The van der Waals surface area contributed by atoms with E-state index in [1.165, 1.54) is 23.5 Å². The molecule has 2 unspecified atom stereocenters. The van der Waals surface area contributed by atoms with Gasteiger partial charge in [-0.2, -0.15) is 0 Å². The SMILES string of the molecule is Cc1nc(-c2ccc(F)cc2)sc1C1CC(C(=O)O)NN1. The molecular weight excluding hydrogens is 293 g/mol. The fourth-order valence-corrected chi connectivity index (χ4v) is 3.47. The van der Waals surface area contributed by atoms with Crippen LogP contribution < -0.4 is 10.9 Å². The third-order valence-corrected chi connectivity index (χ3v) is 4.76. The molecule has 7 heteroatoms. The van der Waals surface area contributed by atoms with E-state index in [1.807, 2.05) is 6.92 Å². The average Bonchev–Trinajstić information content (AvgIpc) is 3.06. The van der Waals surface area contributed by atoms with Crippen molar-refractivity contribution >= 4 is 17.3 Å². The van der Waals surface area contributed by atoms with E-state index >= 15 is 0 Å². The van der Waals surface area contributed by atoms with Crippen LogP contribution in [0.4, 0.5) is 4.39 Å². The van der Waals surface area contributed by atoms with Gasteiger partial charge < -0.3 is 5.11 Å². The van der Waals surface area contributed by atoms with Gasteiger partial charge in [0.25, 0.3) is 0 Å². The highest BCUT2D eigenvalue weighted by Gasteiger charge is 2.32. The van der Waals surface area contributed by atoms with Gasteiger partial charge in [0.1, 0.15) is 16.9 Å². The summed E-state index contributed by atoms with van der Waals surface area (Å²) < 4.78 is 13.0. The molecule has 1 aliphatic heterocycles. The van der Waals surface area contributed by atoms with Gasteiger partial charge >= 0.3 is 5.97 Å². The van der Waals surface area contributed by atoms with Crippen LogP contribution in [0.5, 0.6) is 0 Å². The van der Waals surface area contributed by atoms with Crippen molar-refractivity contribution in [1.29, 1.82) is 0 Å². The molecule has 1 saturated heterocycles. The lowest BCUT2D eigenvalue weighted by molar-refractivity contribution is -0.139. The second-order valence-electron chi connectivity index (χ2n) is 4.94. The van der Waals surface area contributed by atoms with E-state index in [1.54, 1.807) is 12.1 Å². The molecule has 2 atom stereocenters. The smallest absolute Gasteiger partial charge is 0.322 e. The number of halogens is 1. The molecule has 1 aromatic heterocycles. The molecule has 0 aliphatic carbocycles. The predicted molar refractivity (Wildman–Crippen MR) is 77.3 cm³/mol. The molecule has 3 rings (SSSR count). The van der Waals surface area contributed by atoms with Gasteiger partial charge in [-0.25, -0.2) is 20.2 Å². The highest BCUT2D eigenvalue weighted by atomic mass is 32.1. The molecular formula is C14H14FN3O2S. The fraction of sp³-hybridized carbons (Fsp3) is 0.286. The second kappa shape index (κ2) is 5.51. The third kappa shape index (κ3) is 2.80. The molecule has 0 bridgehead atoms. The van der Waals surface area contributed by atoms with Crippen LogP contribution in [0.15, 0.2) is 24.3 Å². The van der Waals surface area contributed by atoms with Crippen LogP contribution in [-0.4, -0.2) is 22.1 Å². The quantitative estimate of drug-likeness (QED) is 0.811. The zero-order valence-corrected chi connectivity index (χ0v) is 12.1. The minimum Gasteiger partial charge on any atom is -0.480 e. The standard InChI is InChI=1S/C14H14FN3O2S/c1-7-12(10-6-11(14(19)20)18-17-10)21-13(16-7)8-2-4-9(15)5-3-8/h2-5,10-11,17-18H,6H2,1H3,(H,19,20). The number of carboxylic acid groups (broad SMARTS) is 1. The zero-order valence-electron chi connectivity index (χ0n) is 11.3. The first kappa shape index (κ1) is 14.1. The molecule has 0 amide bonds. The van der Waals surface area contributed by atoms with Crippen molar-refractivity contribution in [3.05, 3.63) is 40.7 Å². The summed E-state index contributed by atoms with van der Waals surface area (Å²) in [5, 5.41) is 9.81. The number of aryl methyl sites for hydroxylation is 1. The van der Waals surface area contributed by atoms with E-state index in [2.05, 4.69) is 15.8 Å². The Labute approximate surface area is 124 Å². The highest BCUT2D eigenvalue weighted by Crippen LogP contribution is 2.34. The third-order valence-electron chi connectivity index (χ3n) is 3.44. The Morgan fingerprint density at radius 2 is 2.10 bits per heavy atom. The van der Waals surface area contributed by atoms with E-state index < -0.39 is 12.0 Å². The maximum atomic E-state index is 13.0. The summed E-state index contributed by atoms with van der Waals surface area (Å²) in [6.45, 7) is 1.90. The molecule has 2 heterocycles. The largest absolute Gasteiger partial charge is 0.480 e. The topological polar surface area (TPSA) is 74.2 Å². The summed E-state index contributed by atoms with van der Waals surface area (Å²) >= 11 is 1.50. The van der Waals surface area contributed by atoms with Crippen LogP contribution in [0, 0.1) is 12.7 Å². The number of nitrogens with zero attached hydrogens (tertiary/aromatic N) is 1. The first-order chi connectivity index (χ1) is 10.0. The number of benzene rings is 1. The molecule has 0 radical (unpaired) electrons. The van der Waals surface area contributed by atoms with Crippen LogP contribution in [0.3, 0.4) is 0 Å². The lowest BCUT2D eigenvalue weighted by Gasteiger charge is -2.06. The number of carboxylic acids is 1. The van der Waals surface area contributed by atoms with Crippen molar-refractivity contribution in [2.24, 2.45) is 0 Å². The second-order valence-corrected chi connectivity index (χ2v) is 5.97. The summed E-state index contributed by atoms with van der Waals surface area (Å²) in [6.07, 6.45) is 0.473. The molecule has 1 aliphatic rings. The number of carbonyl (C=O) groups is 1. The predicted octanol–water partition coefficient (Wildman–Crippen LogP) is 2.25.